The molecule has 0 radical (unpaired) electrons. The fourth-order valence-electron chi connectivity index (χ4n) is 1.67. The molecule has 0 fully saturated rings. The smallest absolute Gasteiger partial charge is 0.320 e. The number of nitrogens with one attached hydrogen (secondary N) is 1. The topological polar surface area (TPSA) is 49.3 Å². The monoisotopic (exact) mass is 239 g/mol. The van der Waals surface area contributed by atoms with Crippen molar-refractivity contribution < 1.29 is 14.3 Å². The summed E-state index contributed by atoms with van der Waals surface area (Å²) in [7, 11) is 0. The van der Waals surface area contributed by atoms with Gasteiger partial charge >= 0.3 is 5.97 Å². The minimum absolute atomic E-state index is 0.00752. The zero-order valence-electron chi connectivity index (χ0n) is 10.1. The molecule has 4 heteroatoms. The Morgan fingerprint density at radius 3 is 2.59 bits per heavy atom. The quantitative estimate of drug-likeness (QED) is 0.799. The summed E-state index contributed by atoms with van der Waals surface area (Å²) in [4.78, 5) is 10.9. The maximum Gasteiger partial charge on any atom is 0.320 e. The molecule has 0 heterocycles. The summed E-state index contributed by atoms with van der Waals surface area (Å²) in [5, 5.41) is 11.9. The molecular formula is C13H18FNO2. The Morgan fingerprint density at radius 2 is 2.06 bits per heavy atom. The number of halogens is 1. The number of carbonyl (C=O) groups is 1. The van der Waals surface area contributed by atoms with Crippen molar-refractivity contribution in [2.75, 3.05) is 6.54 Å². The van der Waals surface area contributed by atoms with Crippen LogP contribution in [0.2, 0.25) is 0 Å². The fourth-order valence-corrected chi connectivity index (χ4v) is 1.67. The van der Waals surface area contributed by atoms with Crippen molar-refractivity contribution in [3.05, 3.63) is 35.6 Å². The second-order valence-electron chi connectivity index (χ2n) is 4.36. The number of benzene rings is 1. The van der Waals surface area contributed by atoms with Gasteiger partial charge in [0.1, 0.15) is 11.9 Å². The van der Waals surface area contributed by atoms with Crippen LogP contribution in [-0.4, -0.2) is 23.7 Å². The molecule has 0 amide bonds. The van der Waals surface area contributed by atoms with Crippen LogP contribution in [0.1, 0.15) is 19.4 Å². The molecule has 2 N–H and O–H groups in total. The van der Waals surface area contributed by atoms with E-state index in [2.05, 4.69) is 5.32 Å². The Hall–Kier alpha value is -1.42. The largest absolute Gasteiger partial charge is 0.480 e. The molecule has 3 nitrogen and oxygen atoms in total. The summed E-state index contributed by atoms with van der Waals surface area (Å²) in [6, 6.07) is 5.95. The lowest BCUT2D eigenvalue weighted by Crippen LogP contribution is -2.41. The predicted octanol–water partition coefficient (Wildman–Crippen LogP) is 2.07. The highest BCUT2D eigenvalue weighted by atomic mass is 19.1. The highest BCUT2D eigenvalue weighted by molar-refractivity contribution is 5.73. The molecule has 1 atom stereocenters. The van der Waals surface area contributed by atoms with Crippen LogP contribution in [0.25, 0.3) is 0 Å². The number of hydrogen-bond acceptors (Lipinski definition) is 2. The Morgan fingerprint density at radius 1 is 1.41 bits per heavy atom. The van der Waals surface area contributed by atoms with Gasteiger partial charge in [-0.25, -0.2) is 4.39 Å². The first-order chi connectivity index (χ1) is 8.02. The van der Waals surface area contributed by atoms with Gasteiger partial charge in [-0.1, -0.05) is 32.0 Å². The normalized spacial score (nSPS) is 12.7. The van der Waals surface area contributed by atoms with Crippen LogP contribution in [0.15, 0.2) is 24.3 Å². The lowest BCUT2D eigenvalue weighted by molar-refractivity contribution is -0.140. The average Bonchev–Trinajstić information content (AvgIpc) is 2.25. The van der Waals surface area contributed by atoms with E-state index in [0.717, 1.165) is 0 Å². The summed E-state index contributed by atoms with van der Waals surface area (Å²) in [6.07, 6.45) is 0.489. The van der Waals surface area contributed by atoms with E-state index in [-0.39, 0.29) is 11.7 Å². The van der Waals surface area contributed by atoms with Gasteiger partial charge in [-0.05, 0) is 24.0 Å². The average molecular weight is 239 g/mol. The van der Waals surface area contributed by atoms with Gasteiger partial charge in [-0.3, -0.25) is 4.79 Å². The highest BCUT2D eigenvalue weighted by Gasteiger charge is 2.20. The molecule has 0 aliphatic rings. The molecule has 0 saturated carbocycles. The summed E-state index contributed by atoms with van der Waals surface area (Å²) < 4.78 is 13.3. The van der Waals surface area contributed by atoms with E-state index in [1.165, 1.54) is 6.07 Å². The molecule has 17 heavy (non-hydrogen) atoms. The predicted molar refractivity (Wildman–Crippen MR) is 64.4 cm³/mol. The van der Waals surface area contributed by atoms with E-state index >= 15 is 0 Å². The molecule has 1 aromatic rings. The van der Waals surface area contributed by atoms with Gasteiger partial charge in [-0.2, -0.15) is 0 Å². The van der Waals surface area contributed by atoms with Gasteiger partial charge < -0.3 is 10.4 Å². The molecule has 1 aromatic carbocycles. The van der Waals surface area contributed by atoms with Crippen LogP contribution < -0.4 is 5.32 Å². The molecule has 1 rings (SSSR count). The summed E-state index contributed by atoms with van der Waals surface area (Å²) in [5.74, 6) is -1.10. The minimum atomic E-state index is -0.867. The molecule has 0 aliphatic heterocycles. The van der Waals surface area contributed by atoms with Gasteiger partial charge in [0.2, 0.25) is 0 Å². The molecule has 0 spiro atoms. The number of aliphatic carboxylic acids is 1. The molecule has 0 bridgehead atoms. The van der Waals surface area contributed by atoms with Gasteiger partial charge in [-0.15, -0.1) is 0 Å². The molecule has 94 valence electrons. The van der Waals surface area contributed by atoms with E-state index < -0.39 is 12.0 Å². The Balaban J connectivity index is 2.47. The molecule has 0 saturated heterocycles. The van der Waals surface area contributed by atoms with Crippen molar-refractivity contribution in [1.82, 2.24) is 5.32 Å². The third kappa shape index (κ3) is 4.15. The van der Waals surface area contributed by atoms with Gasteiger partial charge in [0.05, 0.1) is 0 Å². The van der Waals surface area contributed by atoms with E-state index in [9.17, 15) is 9.18 Å². The SMILES string of the molecule is CC(C)C(NCCc1ccccc1F)C(=O)O. The number of carboxylic acids is 1. The van der Waals surface area contributed by atoms with Crippen LogP contribution in [-0.2, 0) is 11.2 Å². The van der Waals surface area contributed by atoms with Crippen molar-refractivity contribution in [2.45, 2.75) is 26.3 Å². The fraction of sp³-hybridized carbons (Fsp3) is 0.462. The van der Waals surface area contributed by atoms with Crippen molar-refractivity contribution in [2.24, 2.45) is 5.92 Å². The third-order valence-electron chi connectivity index (χ3n) is 2.65. The lowest BCUT2D eigenvalue weighted by Gasteiger charge is -2.17. The second kappa shape index (κ2) is 6.35. The standard InChI is InChI=1S/C13H18FNO2/c1-9(2)12(13(16)17)15-8-7-10-5-3-4-6-11(10)14/h3-6,9,12,15H,7-8H2,1-2H3,(H,16,17). The van der Waals surface area contributed by atoms with E-state index in [1.54, 1.807) is 18.2 Å². The van der Waals surface area contributed by atoms with Gasteiger partial charge in [0.25, 0.3) is 0 Å². The Labute approximate surface area is 101 Å². The van der Waals surface area contributed by atoms with Crippen LogP contribution in [0.5, 0.6) is 0 Å². The van der Waals surface area contributed by atoms with Gasteiger partial charge in [0, 0.05) is 6.54 Å². The van der Waals surface area contributed by atoms with Gasteiger partial charge in [0.15, 0.2) is 0 Å². The first-order valence-corrected chi connectivity index (χ1v) is 5.72. The maximum atomic E-state index is 13.3. The van der Waals surface area contributed by atoms with Crippen molar-refractivity contribution in [1.29, 1.82) is 0 Å². The van der Waals surface area contributed by atoms with Crippen LogP contribution in [0.4, 0.5) is 4.39 Å². The summed E-state index contributed by atoms with van der Waals surface area (Å²) >= 11 is 0. The first-order valence-electron chi connectivity index (χ1n) is 5.72. The maximum absolute atomic E-state index is 13.3. The van der Waals surface area contributed by atoms with Crippen molar-refractivity contribution in [3.8, 4) is 0 Å². The second-order valence-corrected chi connectivity index (χ2v) is 4.36. The zero-order chi connectivity index (χ0) is 12.8. The molecular weight excluding hydrogens is 221 g/mol. The first kappa shape index (κ1) is 13.6. The number of hydrogen-bond donors (Lipinski definition) is 2. The molecule has 0 aromatic heterocycles. The summed E-state index contributed by atoms with van der Waals surface area (Å²) in [6.45, 7) is 4.14. The number of rotatable bonds is 6. The van der Waals surface area contributed by atoms with Crippen LogP contribution in [0.3, 0.4) is 0 Å². The highest BCUT2D eigenvalue weighted by Crippen LogP contribution is 2.07. The van der Waals surface area contributed by atoms with E-state index in [4.69, 9.17) is 5.11 Å². The summed E-state index contributed by atoms with van der Waals surface area (Å²) in [5.41, 5.74) is 0.605. The zero-order valence-corrected chi connectivity index (χ0v) is 10.1. The van der Waals surface area contributed by atoms with Crippen LogP contribution >= 0.6 is 0 Å². The number of carboxylic acid groups (broad SMARTS) is 1. The Bertz CT molecular complexity index is 379. The molecule has 0 aliphatic carbocycles. The third-order valence-corrected chi connectivity index (χ3v) is 2.65. The van der Waals surface area contributed by atoms with E-state index in [0.29, 0.717) is 18.5 Å². The van der Waals surface area contributed by atoms with E-state index in [1.807, 2.05) is 13.8 Å². The van der Waals surface area contributed by atoms with Crippen LogP contribution in [0, 0.1) is 11.7 Å². The Kier molecular flexibility index (Phi) is 5.10. The van der Waals surface area contributed by atoms with Crippen molar-refractivity contribution >= 4 is 5.97 Å². The lowest BCUT2D eigenvalue weighted by atomic mass is 10.0. The molecule has 1 unspecified atom stereocenters. The van der Waals surface area contributed by atoms with Crippen molar-refractivity contribution in [3.63, 3.8) is 0 Å². The minimum Gasteiger partial charge on any atom is -0.480 e.